The predicted molar refractivity (Wildman–Crippen MR) is 132 cm³/mol. The van der Waals surface area contributed by atoms with Gasteiger partial charge in [-0.15, -0.1) is 0 Å². The first-order valence-corrected chi connectivity index (χ1v) is 14.2. The Morgan fingerprint density at radius 2 is 1.72 bits per heavy atom. The molecule has 5 rings (SSSR count). The Morgan fingerprint density at radius 3 is 2.41 bits per heavy atom. The lowest BCUT2D eigenvalue weighted by Gasteiger charge is -2.64. The molecule has 2 heteroatoms. The van der Waals surface area contributed by atoms with Crippen LogP contribution in [0.15, 0.2) is 11.6 Å². The lowest BCUT2D eigenvalue weighted by Crippen LogP contribution is -2.57. The minimum atomic E-state index is -0.466. The minimum absolute atomic E-state index is 0.109. The van der Waals surface area contributed by atoms with Gasteiger partial charge in [0.15, 0.2) is 0 Å². The molecule has 4 saturated carbocycles. The summed E-state index contributed by atoms with van der Waals surface area (Å²) in [5, 5.41) is 22.1. The predicted octanol–water partition coefficient (Wildman–Crippen LogP) is 7.28. The number of hydrogen-bond donors (Lipinski definition) is 2. The molecular formula is C30H50O2. The minimum Gasteiger partial charge on any atom is -0.393 e. The number of rotatable bonds is 6. The molecule has 0 radical (unpaired) electrons. The van der Waals surface area contributed by atoms with Gasteiger partial charge in [-0.1, -0.05) is 59.1 Å². The third-order valence-electron chi connectivity index (χ3n) is 12.4. The van der Waals surface area contributed by atoms with Crippen molar-refractivity contribution in [1.82, 2.24) is 0 Å². The van der Waals surface area contributed by atoms with E-state index in [-0.39, 0.29) is 11.5 Å². The van der Waals surface area contributed by atoms with Crippen molar-refractivity contribution in [2.75, 3.05) is 0 Å². The van der Waals surface area contributed by atoms with Crippen molar-refractivity contribution in [3.8, 4) is 0 Å². The van der Waals surface area contributed by atoms with Crippen molar-refractivity contribution >= 4 is 0 Å². The van der Waals surface area contributed by atoms with Gasteiger partial charge in [-0.25, -0.2) is 0 Å². The van der Waals surface area contributed by atoms with Gasteiger partial charge in [0.1, 0.15) is 0 Å². The van der Waals surface area contributed by atoms with E-state index in [0.29, 0.717) is 22.7 Å². The monoisotopic (exact) mass is 442 g/mol. The van der Waals surface area contributed by atoms with Crippen LogP contribution in [0.25, 0.3) is 0 Å². The van der Waals surface area contributed by atoms with Crippen LogP contribution in [-0.2, 0) is 0 Å². The van der Waals surface area contributed by atoms with Crippen LogP contribution in [0, 0.1) is 45.8 Å². The molecule has 0 aromatic carbocycles. The zero-order valence-electron chi connectivity index (χ0n) is 21.6. The van der Waals surface area contributed by atoms with Crippen molar-refractivity contribution in [3.05, 3.63) is 11.6 Å². The molecule has 0 saturated heterocycles. The molecule has 0 aromatic rings. The van der Waals surface area contributed by atoms with Crippen molar-refractivity contribution in [3.63, 3.8) is 0 Å². The van der Waals surface area contributed by atoms with Crippen molar-refractivity contribution in [2.24, 2.45) is 45.8 Å². The van der Waals surface area contributed by atoms with Crippen LogP contribution in [0.1, 0.15) is 118 Å². The highest BCUT2D eigenvalue weighted by Crippen LogP contribution is 2.72. The normalized spacial score (nSPS) is 50.1. The standard InChI is InChI=1S/C30H50O2/c1-6-30(32)18-17-27(3)22(19-30)13-15-29(5)25-12-10-23(28(25,4)16-14-26(27)29)20(2)24(31)11-9-21-7-8-21/h13,20-21,23-26,31-32H,6-12,14-19H2,1-5H3/t20-,23+,24+,25+,26+,27-,28+,29-,30-/m0/s1. The molecule has 0 amide bonds. The topological polar surface area (TPSA) is 40.5 Å². The van der Waals surface area contributed by atoms with Crippen molar-refractivity contribution < 1.29 is 10.2 Å². The van der Waals surface area contributed by atoms with Crippen LogP contribution >= 0.6 is 0 Å². The second-order valence-corrected chi connectivity index (χ2v) is 13.9. The van der Waals surface area contributed by atoms with E-state index >= 15 is 0 Å². The third-order valence-corrected chi connectivity index (χ3v) is 12.4. The molecular weight excluding hydrogens is 392 g/mol. The Balaban J connectivity index is 1.37. The molecule has 5 aliphatic rings. The molecule has 2 N–H and O–H groups in total. The molecule has 9 atom stereocenters. The Labute approximate surface area is 197 Å². The van der Waals surface area contributed by atoms with E-state index in [0.717, 1.165) is 49.9 Å². The smallest absolute Gasteiger partial charge is 0.0682 e. The first-order valence-electron chi connectivity index (χ1n) is 14.2. The Bertz CT molecular complexity index is 754. The van der Waals surface area contributed by atoms with Crippen LogP contribution in [0.4, 0.5) is 0 Å². The van der Waals surface area contributed by atoms with Gasteiger partial charge in [0, 0.05) is 0 Å². The molecule has 182 valence electrons. The van der Waals surface area contributed by atoms with Crippen LogP contribution in [0.5, 0.6) is 0 Å². The Hall–Kier alpha value is -0.340. The highest BCUT2D eigenvalue weighted by Gasteiger charge is 2.64. The summed E-state index contributed by atoms with van der Waals surface area (Å²) < 4.78 is 0. The average molecular weight is 443 g/mol. The zero-order valence-corrected chi connectivity index (χ0v) is 21.6. The van der Waals surface area contributed by atoms with E-state index in [4.69, 9.17) is 0 Å². The van der Waals surface area contributed by atoms with E-state index in [2.05, 4.69) is 40.7 Å². The summed E-state index contributed by atoms with van der Waals surface area (Å²) in [6, 6.07) is 0. The largest absolute Gasteiger partial charge is 0.393 e. The van der Waals surface area contributed by atoms with Crippen LogP contribution in [0.2, 0.25) is 0 Å². The fourth-order valence-corrected chi connectivity index (χ4v) is 9.92. The number of fused-ring (bicyclic) bond motifs is 5. The number of hydrogen-bond acceptors (Lipinski definition) is 2. The second kappa shape index (κ2) is 7.84. The van der Waals surface area contributed by atoms with E-state index < -0.39 is 5.60 Å². The van der Waals surface area contributed by atoms with E-state index in [1.807, 2.05) is 0 Å². The quantitative estimate of drug-likeness (QED) is 0.424. The van der Waals surface area contributed by atoms with Gasteiger partial charge in [0.25, 0.3) is 0 Å². The van der Waals surface area contributed by atoms with Crippen LogP contribution in [-0.4, -0.2) is 21.9 Å². The maximum absolute atomic E-state index is 11.1. The molecule has 0 aromatic heterocycles. The number of aliphatic hydroxyl groups excluding tert-OH is 1. The lowest BCUT2D eigenvalue weighted by molar-refractivity contribution is -0.127. The van der Waals surface area contributed by atoms with Gasteiger partial charge in [0.05, 0.1) is 11.7 Å². The highest BCUT2D eigenvalue weighted by atomic mass is 16.3. The van der Waals surface area contributed by atoms with Crippen molar-refractivity contribution in [2.45, 2.75) is 130 Å². The molecule has 0 spiro atoms. The number of allylic oxidation sites excluding steroid dienone is 1. The SMILES string of the molecule is CC[C@]1(O)CC[C@@]2(C)C(=CC[C@@]3(C)[C@@H]4CC[C@H]([C@H](C)[C@H](O)CCC5CC5)[C@@]4(C)CC[C@@H]32)C1. The summed E-state index contributed by atoms with van der Waals surface area (Å²) in [6.07, 6.45) is 18.0. The number of aliphatic hydroxyl groups is 2. The van der Waals surface area contributed by atoms with Gasteiger partial charge in [-0.05, 0) is 116 Å². The molecule has 4 fully saturated rings. The van der Waals surface area contributed by atoms with E-state index in [1.54, 1.807) is 5.57 Å². The summed E-state index contributed by atoms with van der Waals surface area (Å²) in [5.41, 5.74) is 2.15. The third kappa shape index (κ3) is 3.48. The van der Waals surface area contributed by atoms with Gasteiger partial charge < -0.3 is 10.2 Å². The van der Waals surface area contributed by atoms with E-state index in [9.17, 15) is 10.2 Å². The maximum atomic E-state index is 11.1. The van der Waals surface area contributed by atoms with Gasteiger partial charge in [-0.3, -0.25) is 0 Å². The second-order valence-electron chi connectivity index (χ2n) is 13.9. The summed E-state index contributed by atoms with van der Waals surface area (Å²) in [7, 11) is 0. The van der Waals surface area contributed by atoms with E-state index in [1.165, 1.54) is 51.4 Å². The van der Waals surface area contributed by atoms with Crippen LogP contribution < -0.4 is 0 Å². The molecule has 0 aliphatic heterocycles. The average Bonchev–Trinajstić information content (AvgIpc) is 3.52. The van der Waals surface area contributed by atoms with Gasteiger partial charge >= 0.3 is 0 Å². The summed E-state index contributed by atoms with van der Waals surface area (Å²) in [6.45, 7) is 12.3. The van der Waals surface area contributed by atoms with Crippen LogP contribution in [0.3, 0.4) is 0 Å². The van der Waals surface area contributed by atoms with Gasteiger partial charge in [-0.2, -0.15) is 0 Å². The lowest BCUT2D eigenvalue weighted by atomic mass is 9.41. The summed E-state index contributed by atoms with van der Waals surface area (Å²) in [5.74, 6) is 3.56. The van der Waals surface area contributed by atoms with Gasteiger partial charge in [0.2, 0.25) is 0 Å². The summed E-state index contributed by atoms with van der Waals surface area (Å²) in [4.78, 5) is 0. The molecule has 0 unspecified atom stereocenters. The highest BCUT2D eigenvalue weighted by molar-refractivity contribution is 5.29. The maximum Gasteiger partial charge on any atom is 0.0682 e. The molecule has 32 heavy (non-hydrogen) atoms. The Kier molecular flexibility index (Phi) is 5.73. The molecule has 2 nitrogen and oxygen atoms in total. The fraction of sp³-hybridized carbons (Fsp3) is 0.933. The zero-order chi connectivity index (χ0) is 22.9. The molecule has 0 bridgehead atoms. The molecule has 0 heterocycles. The van der Waals surface area contributed by atoms with Crippen molar-refractivity contribution in [1.29, 1.82) is 0 Å². The first kappa shape index (κ1) is 23.4. The molecule has 5 aliphatic carbocycles. The Morgan fingerprint density at radius 1 is 0.969 bits per heavy atom. The summed E-state index contributed by atoms with van der Waals surface area (Å²) >= 11 is 0. The fourth-order valence-electron chi connectivity index (χ4n) is 9.92. The first-order chi connectivity index (χ1) is 15.1.